The molecule has 126 valence electrons. The van der Waals surface area contributed by atoms with Crippen molar-refractivity contribution in [2.45, 2.75) is 18.5 Å². The third-order valence-electron chi connectivity index (χ3n) is 3.76. The molecule has 0 radical (unpaired) electrons. The smallest absolute Gasteiger partial charge is 0.302 e. The molecule has 2 aromatic carbocycles. The Labute approximate surface area is 146 Å². The van der Waals surface area contributed by atoms with Crippen LogP contribution in [-0.4, -0.2) is 12.1 Å². The van der Waals surface area contributed by atoms with E-state index in [1.54, 1.807) is 0 Å². The Morgan fingerprint density at radius 1 is 0.958 bits per heavy atom. The monoisotopic (exact) mass is 374 g/mol. The van der Waals surface area contributed by atoms with E-state index in [1.165, 1.54) is 18.2 Å². The molecule has 0 N–H and O–H groups in total. The quantitative estimate of drug-likeness (QED) is 0.551. The van der Waals surface area contributed by atoms with Crippen LogP contribution in [0, 0.1) is 0 Å². The van der Waals surface area contributed by atoms with Crippen LogP contribution >= 0.6 is 23.2 Å². The van der Waals surface area contributed by atoms with Gasteiger partial charge in [0.25, 0.3) is 0 Å². The maximum Gasteiger partial charge on any atom is 0.416 e. The Morgan fingerprint density at radius 2 is 1.42 bits per heavy atom. The standard InChI is InChI=1S/C17H11Cl2F3O2/c1-10(24)16(9-23,15-13(18)3-2-4-14(15)19)11-5-7-12(8-6-11)17(20,21)22/h2-9H,1H3. The van der Waals surface area contributed by atoms with E-state index in [0.29, 0.717) is 6.29 Å². The maximum atomic E-state index is 12.7. The van der Waals surface area contributed by atoms with Gasteiger partial charge in [0.2, 0.25) is 0 Å². The predicted molar refractivity (Wildman–Crippen MR) is 85.4 cm³/mol. The van der Waals surface area contributed by atoms with Gasteiger partial charge in [-0.3, -0.25) is 4.79 Å². The fraction of sp³-hybridized carbons (Fsp3) is 0.176. The SMILES string of the molecule is CC(=O)C(C=O)(c1ccc(C(F)(F)F)cc1)c1c(Cl)cccc1Cl. The molecule has 0 amide bonds. The number of Topliss-reactive ketones (excluding diaryl/α,β-unsaturated/α-hetero) is 1. The van der Waals surface area contributed by atoms with Crippen molar-refractivity contribution in [3.05, 3.63) is 69.2 Å². The number of carbonyl (C=O) groups excluding carboxylic acids is 2. The van der Waals surface area contributed by atoms with E-state index in [0.717, 1.165) is 31.2 Å². The number of halogens is 5. The lowest BCUT2D eigenvalue weighted by Crippen LogP contribution is -2.38. The van der Waals surface area contributed by atoms with Gasteiger partial charge in [-0.05, 0) is 36.8 Å². The summed E-state index contributed by atoms with van der Waals surface area (Å²) in [5, 5.41) is 0.148. The van der Waals surface area contributed by atoms with Crippen molar-refractivity contribution in [1.82, 2.24) is 0 Å². The first-order chi connectivity index (χ1) is 11.1. The zero-order chi connectivity index (χ0) is 18.1. The lowest BCUT2D eigenvalue weighted by molar-refractivity contribution is -0.137. The molecule has 24 heavy (non-hydrogen) atoms. The number of rotatable bonds is 4. The number of alkyl halides is 3. The Balaban J connectivity index is 2.75. The molecule has 1 atom stereocenters. The van der Waals surface area contributed by atoms with E-state index in [1.807, 2.05) is 0 Å². The second-order valence-corrected chi connectivity index (χ2v) is 5.97. The van der Waals surface area contributed by atoms with Gasteiger partial charge in [-0.1, -0.05) is 41.4 Å². The molecule has 0 heterocycles. The highest BCUT2D eigenvalue weighted by Gasteiger charge is 2.43. The van der Waals surface area contributed by atoms with Crippen LogP contribution in [0.1, 0.15) is 23.6 Å². The maximum absolute atomic E-state index is 12.7. The summed E-state index contributed by atoms with van der Waals surface area (Å²) in [7, 11) is 0. The summed E-state index contributed by atoms with van der Waals surface area (Å²) in [6, 6.07) is 8.22. The zero-order valence-corrected chi connectivity index (χ0v) is 13.8. The summed E-state index contributed by atoms with van der Waals surface area (Å²) in [5.41, 5.74) is -2.65. The fourth-order valence-electron chi connectivity index (χ4n) is 2.53. The largest absolute Gasteiger partial charge is 0.416 e. The van der Waals surface area contributed by atoms with Crippen LogP contribution in [0.5, 0.6) is 0 Å². The average Bonchev–Trinajstić information content (AvgIpc) is 2.50. The summed E-state index contributed by atoms with van der Waals surface area (Å²) in [4.78, 5) is 24.2. The van der Waals surface area contributed by atoms with E-state index in [-0.39, 0.29) is 21.2 Å². The van der Waals surface area contributed by atoms with Crippen molar-refractivity contribution in [3.8, 4) is 0 Å². The fourth-order valence-corrected chi connectivity index (χ4v) is 3.23. The second kappa shape index (κ2) is 6.57. The van der Waals surface area contributed by atoms with Crippen molar-refractivity contribution < 1.29 is 22.8 Å². The lowest BCUT2D eigenvalue weighted by Gasteiger charge is -2.28. The van der Waals surface area contributed by atoms with Gasteiger partial charge in [0.1, 0.15) is 11.7 Å². The van der Waals surface area contributed by atoms with Crippen molar-refractivity contribution in [2.75, 3.05) is 0 Å². The Bertz CT molecular complexity index is 765. The van der Waals surface area contributed by atoms with E-state index in [4.69, 9.17) is 23.2 Å². The van der Waals surface area contributed by atoms with Gasteiger partial charge >= 0.3 is 6.18 Å². The van der Waals surface area contributed by atoms with Crippen LogP contribution in [0.15, 0.2) is 42.5 Å². The normalized spacial score (nSPS) is 14.1. The Kier molecular flexibility index (Phi) is 5.06. The number of hydrogen-bond donors (Lipinski definition) is 0. The van der Waals surface area contributed by atoms with Crippen LogP contribution in [0.3, 0.4) is 0 Å². The van der Waals surface area contributed by atoms with Gasteiger partial charge in [-0.2, -0.15) is 13.2 Å². The minimum Gasteiger partial charge on any atom is -0.302 e. The molecule has 0 aliphatic rings. The van der Waals surface area contributed by atoms with E-state index in [9.17, 15) is 22.8 Å². The minimum absolute atomic E-state index is 0.0515. The van der Waals surface area contributed by atoms with Gasteiger partial charge in [0, 0.05) is 15.6 Å². The van der Waals surface area contributed by atoms with E-state index < -0.39 is 22.9 Å². The molecule has 0 saturated heterocycles. The van der Waals surface area contributed by atoms with E-state index in [2.05, 4.69) is 0 Å². The molecule has 2 aromatic rings. The van der Waals surface area contributed by atoms with Crippen LogP contribution in [0.25, 0.3) is 0 Å². The molecule has 0 aliphatic heterocycles. The molecule has 0 bridgehead atoms. The molecule has 2 rings (SSSR count). The topological polar surface area (TPSA) is 34.1 Å². The van der Waals surface area contributed by atoms with Crippen molar-refractivity contribution >= 4 is 35.3 Å². The highest BCUT2D eigenvalue weighted by Crippen LogP contribution is 2.41. The average molecular weight is 375 g/mol. The van der Waals surface area contributed by atoms with Gasteiger partial charge in [0.05, 0.1) is 5.56 Å². The highest BCUT2D eigenvalue weighted by atomic mass is 35.5. The molecule has 0 saturated carbocycles. The third kappa shape index (κ3) is 3.06. The summed E-state index contributed by atoms with van der Waals surface area (Å²) in [6.45, 7) is 1.16. The number of hydrogen-bond acceptors (Lipinski definition) is 2. The second-order valence-electron chi connectivity index (χ2n) is 5.15. The van der Waals surface area contributed by atoms with Crippen LogP contribution in [0.4, 0.5) is 13.2 Å². The number of aldehydes is 1. The van der Waals surface area contributed by atoms with Crippen LogP contribution < -0.4 is 0 Å². The van der Waals surface area contributed by atoms with Crippen molar-refractivity contribution in [2.24, 2.45) is 0 Å². The van der Waals surface area contributed by atoms with Gasteiger partial charge in [-0.25, -0.2) is 0 Å². The molecular weight excluding hydrogens is 364 g/mol. The predicted octanol–water partition coefficient (Wildman–Crippen LogP) is 5.09. The highest BCUT2D eigenvalue weighted by molar-refractivity contribution is 6.37. The molecular formula is C17H11Cl2F3O2. The first-order valence-corrected chi connectivity index (χ1v) is 7.49. The number of carbonyl (C=O) groups is 2. The molecule has 0 fully saturated rings. The lowest BCUT2D eigenvalue weighted by atomic mass is 9.72. The zero-order valence-electron chi connectivity index (χ0n) is 12.3. The summed E-state index contributed by atoms with van der Waals surface area (Å²) < 4.78 is 38.2. The first kappa shape index (κ1) is 18.5. The van der Waals surface area contributed by atoms with Gasteiger partial charge in [0.15, 0.2) is 5.78 Å². The van der Waals surface area contributed by atoms with Crippen LogP contribution in [-0.2, 0) is 21.2 Å². The van der Waals surface area contributed by atoms with Gasteiger partial charge < -0.3 is 4.79 Å². The summed E-state index contributed by atoms with van der Waals surface area (Å²) in [5.74, 6) is -0.604. The molecule has 1 unspecified atom stereocenters. The summed E-state index contributed by atoms with van der Waals surface area (Å²) >= 11 is 12.2. The molecule has 0 aliphatic carbocycles. The molecule has 2 nitrogen and oxygen atoms in total. The van der Waals surface area contributed by atoms with Gasteiger partial charge in [-0.15, -0.1) is 0 Å². The van der Waals surface area contributed by atoms with Crippen molar-refractivity contribution in [3.63, 3.8) is 0 Å². The number of benzene rings is 2. The third-order valence-corrected chi connectivity index (χ3v) is 4.39. The molecule has 0 aromatic heterocycles. The van der Waals surface area contributed by atoms with Crippen molar-refractivity contribution in [1.29, 1.82) is 0 Å². The summed E-state index contributed by atoms with van der Waals surface area (Å²) in [6.07, 6.45) is -4.17. The van der Waals surface area contributed by atoms with E-state index >= 15 is 0 Å². The minimum atomic E-state index is -4.53. The first-order valence-electron chi connectivity index (χ1n) is 6.74. The molecule has 7 heteroatoms. The Morgan fingerprint density at radius 3 is 1.79 bits per heavy atom. The number of ketones is 1. The molecule has 0 spiro atoms. The Hall–Kier alpha value is -1.85. The van der Waals surface area contributed by atoms with Crippen LogP contribution in [0.2, 0.25) is 10.0 Å².